The van der Waals surface area contributed by atoms with E-state index < -0.39 is 0 Å². The molecule has 0 bridgehead atoms. The summed E-state index contributed by atoms with van der Waals surface area (Å²) in [6.45, 7) is 4.40. The summed E-state index contributed by atoms with van der Waals surface area (Å²) < 4.78 is 22.5. The lowest BCUT2D eigenvalue weighted by Gasteiger charge is -2.26. The van der Waals surface area contributed by atoms with E-state index in [4.69, 9.17) is 18.6 Å². The molecule has 3 heterocycles. The number of aromatic nitrogens is 2. The smallest absolute Gasteiger partial charge is 0.277 e. The van der Waals surface area contributed by atoms with Crippen LogP contribution in [0.15, 0.2) is 52.1 Å². The molecule has 2 aliphatic heterocycles. The molecule has 9 heteroatoms. The van der Waals surface area contributed by atoms with Crippen molar-refractivity contribution in [3.05, 3.63) is 48.0 Å². The van der Waals surface area contributed by atoms with Gasteiger partial charge < -0.3 is 23.5 Å². The molecule has 1 aromatic heterocycles. The van der Waals surface area contributed by atoms with Crippen molar-refractivity contribution in [3.63, 3.8) is 0 Å². The van der Waals surface area contributed by atoms with Crippen LogP contribution in [-0.2, 0) is 4.79 Å². The second-order valence-corrected chi connectivity index (χ2v) is 8.69. The number of amides is 1. The molecule has 1 amide bonds. The van der Waals surface area contributed by atoms with Gasteiger partial charge in [0.15, 0.2) is 11.5 Å². The Bertz CT molecular complexity index is 1120. The maximum absolute atomic E-state index is 13.0. The number of fused-ring (bicyclic) bond motifs is 1. The molecule has 3 aromatic rings. The van der Waals surface area contributed by atoms with Crippen LogP contribution in [0.2, 0.25) is 0 Å². The highest BCUT2D eigenvalue weighted by molar-refractivity contribution is 7.99. The average molecular weight is 468 g/mol. The minimum Gasteiger partial charge on any atom is -0.494 e. The van der Waals surface area contributed by atoms with Gasteiger partial charge >= 0.3 is 0 Å². The third kappa shape index (κ3) is 4.78. The molecule has 5 rings (SSSR count). The molecular weight excluding hydrogens is 442 g/mol. The molecule has 8 nitrogen and oxygen atoms in total. The highest BCUT2D eigenvalue weighted by atomic mass is 32.2. The molecule has 172 valence electrons. The monoisotopic (exact) mass is 467 g/mol. The number of benzene rings is 2. The summed E-state index contributed by atoms with van der Waals surface area (Å²) in [6, 6.07) is 13.5. The number of nitrogens with zero attached hydrogens (tertiary/aromatic N) is 3. The van der Waals surface area contributed by atoms with Gasteiger partial charge in [0, 0.05) is 12.1 Å². The van der Waals surface area contributed by atoms with Crippen molar-refractivity contribution in [2.24, 2.45) is 0 Å². The first-order valence-corrected chi connectivity index (χ1v) is 12.1. The van der Waals surface area contributed by atoms with E-state index >= 15 is 0 Å². The van der Waals surface area contributed by atoms with Crippen LogP contribution in [0.1, 0.15) is 31.4 Å². The number of ether oxygens (including phenoxy) is 3. The summed E-state index contributed by atoms with van der Waals surface area (Å²) in [5.41, 5.74) is 1.88. The lowest BCUT2D eigenvalue weighted by atomic mass is 10.0. The van der Waals surface area contributed by atoms with E-state index in [-0.39, 0.29) is 17.7 Å². The number of carbonyl (C=O) groups is 1. The molecule has 33 heavy (non-hydrogen) atoms. The highest BCUT2D eigenvalue weighted by Crippen LogP contribution is 2.38. The second kappa shape index (κ2) is 9.74. The van der Waals surface area contributed by atoms with E-state index in [0.717, 1.165) is 47.8 Å². The van der Waals surface area contributed by atoms with E-state index in [2.05, 4.69) is 10.2 Å². The van der Waals surface area contributed by atoms with Crippen molar-refractivity contribution in [3.8, 4) is 28.7 Å². The summed E-state index contributed by atoms with van der Waals surface area (Å²) in [7, 11) is 0. The topological polar surface area (TPSA) is 86.9 Å². The summed E-state index contributed by atoms with van der Waals surface area (Å²) in [6.07, 6.45) is 1.90. The van der Waals surface area contributed by atoms with Crippen molar-refractivity contribution in [2.75, 3.05) is 32.1 Å². The maximum Gasteiger partial charge on any atom is 0.277 e. The maximum atomic E-state index is 13.0. The predicted octanol–water partition coefficient (Wildman–Crippen LogP) is 4.36. The Morgan fingerprint density at radius 1 is 1.12 bits per heavy atom. The standard InChI is InChI=1S/C24H25N3O5S/c1-2-29-18-8-5-16(6-9-18)23-25-26-24(32-23)33-15-22(28)27-11-3-4-19(27)17-7-10-20-21(14-17)31-13-12-30-20/h5-10,14,19H,2-4,11-13,15H2,1H3/t19-/m0/s1. The quantitative estimate of drug-likeness (QED) is 0.474. The van der Waals surface area contributed by atoms with Crippen molar-refractivity contribution >= 4 is 17.7 Å². The van der Waals surface area contributed by atoms with Gasteiger partial charge in [-0.2, -0.15) is 0 Å². The van der Waals surface area contributed by atoms with Crippen molar-refractivity contribution in [1.29, 1.82) is 0 Å². The molecule has 1 saturated heterocycles. The number of rotatable bonds is 7. The van der Waals surface area contributed by atoms with Crippen molar-refractivity contribution < 1.29 is 23.4 Å². The van der Waals surface area contributed by atoms with E-state index in [1.54, 1.807) is 0 Å². The van der Waals surface area contributed by atoms with Gasteiger partial charge in [0.25, 0.3) is 5.22 Å². The molecule has 0 unspecified atom stereocenters. The fourth-order valence-electron chi connectivity index (χ4n) is 4.13. The van der Waals surface area contributed by atoms with Crippen molar-refractivity contribution in [2.45, 2.75) is 31.0 Å². The van der Waals surface area contributed by atoms with E-state index in [9.17, 15) is 4.79 Å². The third-order valence-electron chi connectivity index (χ3n) is 5.66. The van der Waals surface area contributed by atoms with Gasteiger partial charge in [-0.3, -0.25) is 4.79 Å². The van der Waals surface area contributed by atoms with Crippen LogP contribution in [-0.4, -0.2) is 53.1 Å². The normalized spacial score (nSPS) is 17.2. The molecule has 0 saturated carbocycles. The van der Waals surface area contributed by atoms with Gasteiger partial charge in [-0.25, -0.2) is 0 Å². The van der Waals surface area contributed by atoms with Crippen LogP contribution in [0.4, 0.5) is 0 Å². The molecule has 0 radical (unpaired) electrons. The zero-order valence-electron chi connectivity index (χ0n) is 18.4. The van der Waals surface area contributed by atoms with Crippen LogP contribution in [0.3, 0.4) is 0 Å². The predicted molar refractivity (Wildman–Crippen MR) is 123 cm³/mol. The fourth-order valence-corrected chi connectivity index (χ4v) is 4.78. The number of hydrogen-bond donors (Lipinski definition) is 0. The van der Waals surface area contributed by atoms with Crippen LogP contribution < -0.4 is 14.2 Å². The SMILES string of the molecule is CCOc1ccc(-c2nnc(SCC(=O)N3CCC[C@H]3c3ccc4c(c3)OCCO4)o2)cc1. The summed E-state index contributed by atoms with van der Waals surface area (Å²) in [4.78, 5) is 14.9. The molecule has 1 atom stereocenters. The largest absolute Gasteiger partial charge is 0.494 e. The Hall–Kier alpha value is -3.20. The molecule has 2 aromatic carbocycles. The Morgan fingerprint density at radius 2 is 1.94 bits per heavy atom. The van der Waals surface area contributed by atoms with E-state index in [1.165, 1.54) is 11.8 Å². The first kappa shape index (κ1) is 21.6. The highest BCUT2D eigenvalue weighted by Gasteiger charge is 2.31. The Balaban J connectivity index is 1.21. The number of thioether (sulfide) groups is 1. The number of likely N-dealkylation sites (tertiary alicyclic amines) is 1. The van der Waals surface area contributed by atoms with Gasteiger partial charge in [0.2, 0.25) is 11.8 Å². The molecule has 0 aliphatic carbocycles. The summed E-state index contributed by atoms with van der Waals surface area (Å²) >= 11 is 1.26. The van der Waals surface area contributed by atoms with Gasteiger partial charge in [-0.15, -0.1) is 10.2 Å². The number of carbonyl (C=O) groups excluding carboxylic acids is 1. The van der Waals surface area contributed by atoms with Crippen LogP contribution >= 0.6 is 11.8 Å². The first-order chi connectivity index (χ1) is 16.2. The summed E-state index contributed by atoms with van der Waals surface area (Å²) in [5, 5.41) is 8.58. The van der Waals surface area contributed by atoms with Crippen LogP contribution in [0.25, 0.3) is 11.5 Å². The fraction of sp³-hybridized carbons (Fsp3) is 0.375. The van der Waals surface area contributed by atoms with Crippen molar-refractivity contribution in [1.82, 2.24) is 15.1 Å². The van der Waals surface area contributed by atoms with Gasteiger partial charge in [0.1, 0.15) is 19.0 Å². The minimum atomic E-state index is 0.0380. The lowest BCUT2D eigenvalue weighted by Crippen LogP contribution is -2.32. The first-order valence-electron chi connectivity index (χ1n) is 11.1. The molecule has 0 spiro atoms. The molecule has 1 fully saturated rings. The molecule has 0 N–H and O–H groups in total. The van der Waals surface area contributed by atoms with E-state index in [1.807, 2.05) is 54.3 Å². The van der Waals surface area contributed by atoms with Gasteiger partial charge in [-0.1, -0.05) is 17.8 Å². The van der Waals surface area contributed by atoms with Gasteiger partial charge in [-0.05, 0) is 61.7 Å². The Morgan fingerprint density at radius 3 is 2.76 bits per heavy atom. The Labute approximate surface area is 196 Å². The average Bonchev–Trinajstić information content (AvgIpc) is 3.53. The molecular formula is C24H25N3O5S. The van der Waals surface area contributed by atoms with Crippen LogP contribution in [0.5, 0.6) is 17.2 Å². The minimum absolute atomic E-state index is 0.0380. The molecule has 2 aliphatic rings. The second-order valence-electron chi connectivity index (χ2n) is 7.77. The lowest BCUT2D eigenvalue weighted by molar-refractivity contribution is -0.129. The summed E-state index contributed by atoms with van der Waals surface area (Å²) in [5.74, 6) is 3.02. The van der Waals surface area contributed by atoms with E-state index in [0.29, 0.717) is 30.9 Å². The zero-order chi connectivity index (χ0) is 22.6. The third-order valence-corrected chi connectivity index (χ3v) is 6.47. The zero-order valence-corrected chi connectivity index (χ0v) is 19.2. The Kier molecular flexibility index (Phi) is 6.39. The van der Waals surface area contributed by atoms with Crippen LogP contribution in [0, 0.1) is 0 Å². The number of hydrogen-bond acceptors (Lipinski definition) is 8. The van der Waals surface area contributed by atoms with Gasteiger partial charge in [0.05, 0.1) is 18.4 Å².